The fourth-order valence-electron chi connectivity index (χ4n) is 2.79. The minimum absolute atomic E-state index is 0.106. The molecule has 0 aliphatic heterocycles. The number of hydrogen-bond acceptors (Lipinski definition) is 4. The summed E-state index contributed by atoms with van der Waals surface area (Å²) in [7, 11) is 0. The summed E-state index contributed by atoms with van der Waals surface area (Å²) in [6, 6.07) is 5.38. The Hall–Kier alpha value is -2.96. The molecular weight excluding hydrogens is 316 g/mol. The normalized spacial score (nSPS) is 12.3. The molecule has 3 aromatic heterocycles. The van der Waals surface area contributed by atoms with Gasteiger partial charge in [0.2, 0.25) is 0 Å². The first-order valence-electron chi connectivity index (χ1n) is 8.34. The predicted octanol–water partition coefficient (Wildman–Crippen LogP) is 3.58. The van der Waals surface area contributed by atoms with Gasteiger partial charge in [-0.15, -0.1) is 0 Å². The van der Waals surface area contributed by atoms with Crippen molar-refractivity contribution in [3.05, 3.63) is 36.8 Å². The third-order valence-electron chi connectivity index (χ3n) is 3.81. The number of pyridine rings is 2. The molecule has 130 valence electrons. The summed E-state index contributed by atoms with van der Waals surface area (Å²) in [5, 5.41) is 12.4. The van der Waals surface area contributed by atoms with E-state index < -0.39 is 0 Å². The number of aromatic nitrogens is 4. The smallest absolute Gasteiger partial charge is 0.320 e. The van der Waals surface area contributed by atoms with Gasteiger partial charge in [-0.3, -0.25) is 15.4 Å². The van der Waals surface area contributed by atoms with Crippen LogP contribution in [0.25, 0.3) is 22.2 Å². The summed E-state index contributed by atoms with van der Waals surface area (Å²) in [6.45, 7) is 6.26. The number of fused-ring (bicyclic) bond motifs is 1. The first kappa shape index (κ1) is 16.9. The fourth-order valence-corrected chi connectivity index (χ4v) is 2.79. The molecule has 3 rings (SSSR count). The molecule has 0 aliphatic carbocycles. The van der Waals surface area contributed by atoms with Gasteiger partial charge in [0, 0.05) is 29.6 Å². The molecule has 2 amide bonds. The Morgan fingerprint density at radius 2 is 2.00 bits per heavy atom. The van der Waals surface area contributed by atoms with E-state index in [1.165, 1.54) is 0 Å². The van der Waals surface area contributed by atoms with E-state index >= 15 is 0 Å². The van der Waals surface area contributed by atoms with E-state index in [1.807, 2.05) is 19.1 Å². The zero-order valence-electron chi connectivity index (χ0n) is 14.6. The van der Waals surface area contributed by atoms with E-state index in [9.17, 15) is 4.79 Å². The maximum absolute atomic E-state index is 12.1. The molecule has 0 spiro atoms. The maximum Gasteiger partial charge on any atom is 0.320 e. The lowest BCUT2D eigenvalue weighted by atomic mass is 10.1. The van der Waals surface area contributed by atoms with Crippen LogP contribution >= 0.6 is 0 Å². The number of urea groups is 1. The number of H-pyrrole nitrogens is 1. The average molecular weight is 338 g/mol. The Bertz CT molecular complexity index is 859. The van der Waals surface area contributed by atoms with Gasteiger partial charge in [-0.2, -0.15) is 5.10 Å². The van der Waals surface area contributed by atoms with Crippen molar-refractivity contribution in [2.45, 2.75) is 33.2 Å². The third kappa shape index (κ3) is 4.32. The Morgan fingerprint density at radius 1 is 1.16 bits per heavy atom. The van der Waals surface area contributed by atoms with Crippen molar-refractivity contribution >= 4 is 22.9 Å². The average Bonchev–Trinajstić information content (AvgIpc) is 3.07. The first-order valence-corrected chi connectivity index (χ1v) is 8.34. The number of hydrogen-bond donors (Lipinski definition) is 3. The van der Waals surface area contributed by atoms with Crippen molar-refractivity contribution in [2.75, 3.05) is 5.32 Å². The van der Waals surface area contributed by atoms with E-state index in [4.69, 9.17) is 0 Å². The van der Waals surface area contributed by atoms with Gasteiger partial charge in [-0.25, -0.2) is 9.78 Å². The fraction of sp³-hybridized carbons (Fsp3) is 0.333. The van der Waals surface area contributed by atoms with Gasteiger partial charge in [0.05, 0.1) is 17.2 Å². The SMILES string of the molecule is CC(C)CC(C)NC(=O)Nc1ccc2ncc(-c3cn[nH]c3)cc2n1. The summed E-state index contributed by atoms with van der Waals surface area (Å²) in [6.07, 6.45) is 6.24. The van der Waals surface area contributed by atoms with E-state index in [0.29, 0.717) is 17.3 Å². The number of anilines is 1. The van der Waals surface area contributed by atoms with Gasteiger partial charge in [-0.1, -0.05) is 13.8 Å². The van der Waals surface area contributed by atoms with E-state index in [0.717, 1.165) is 23.1 Å². The molecule has 3 aromatic rings. The predicted molar refractivity (Wildman–Crippen MR) is 98.2 cm³/mol. The Labute approximate surface area is 146 Å². The number of carbonyl (C=O) groups is 1. The Kier molecular flexibility index (Phi) is 4.92. The van der Waals surface area contributed by atoms with Gasteiger partial charge in [0.25, 0.3) is 0 Å². The molecule has 7 heteroatoms. The lowest BCUT2D eigenvalue weighted by Crippen LogP contribution is -2.37. The summed E-state index contributed by atoms with van der Waals surface area (Å²) >= 11 is 0. The van der Waals surface area contributed by atoms with Crippen LogP contribution in [0.3, 0.4) is 0 Å². The minimum atomic E-state index is -0.251. The van der Waals surface area contributed by atoms with Gasteiger partial charge in [0.1, 0.15) is 5.82 Å². The second kappa shape index (κ2) is 7.29. The van der Waals surface area contributed by atoms with E-state index in [-0.39, 0.29) is 12.1 Å². The molecule has 3 N–H and O–H groups in total. The van der Waals surface area contributed by atoms with Crippen LogP contribution in [-0.4, -0.2) is 32.2 Å². The first-order chi connectivity index (χ1) is 12.0. The molecule has 0 saturated heterocycles. The van der Waals surface area contributed by atoms with Crippen molar-refractivity contribution < 1.29 is 4.79 Å². The standard InChI is InChI=1S/C18H22N6O/c1-11(2)6-12(3)22-18(25)24-17-5-4-15-16(23-17)7-13(8-19-15)14-9-20-21-10-14/h4-5,7-12H,6H2,1-3H3,(H,20,21)(H2,22,23,24,25). The molecule has 1 atom stereocenters. The molecule has 0 aliphatic rings. The van der Waals surface area contributed by atoms with Crippen LogP contribution in [0.15, 0.2) is 36.8 Å². The number of rotatable bonds is 5. The molecule has 0 bridgehead atoms. The molecule has 0 aromatic carbocycles. The highest BCUT2D eigenvalue weighted by Gasteiger charge is 2.10. The second-order valence-corrected chi connectivity index (χ2v) is 6.57. The largest absolute Gasteiger partial charge is 0.335 e. The van der Waals surface area contributed by atoms with E-state index in [2.05, 4.69) is 44.6 Å². The lowest BCUT2D eigenvalue weighted by molar-refractivity contribution is 0.247. The topological polar surface area (TPSA) is 95.6 Å². The molecular formula is C18H22N6O. The number of aromatic amines is 1. The van der Waals surface area contributed by atoms with Crippen LogP contribution < -0.4 is 10.6 Å². The number of amides is 2. The highest BCUT2D eigenvalue weighted by molar-refractivity contribution is 5.90. The van der Waals surface area contributed by atoms with Crippen LogP contribution in [0, 0.1) is 5.92 Å². The van der Waals surface area contributed by atoms with Crippen molar-refractivity contribution in [1.82, 2.24) is 25.5 Å². The zero-order chi connectivity index (χ0) is 17.8. The lowest BCUT2D eigenvalue weighted by Gasteiger charge is -2.16. The molecule has 0 radical (unpaired) electrons. The molecule has 3 heterocycles. The van der Waals surface area contributed by atoms with Crippen molar-refractivity contribution in [3.63, 3.8) is 0 Å². The van der Waals surface area contributed by atoms with Crippen LogP contribution in [0.2, 0.25) is 0 Å². The summed E-state index contributed by atoms with van der Waals surface area (Å²) in [4.78, 5) is 21.0. The maximum atomic E-state index is 12.1. The summed E-state index contributed by atoms with van der Waals surface area (Å²) in [5.74, 6) is 1.02. The van der Waals surface area contributed by atoms with Crippen LogP contribution in [-0.2, 0) is 0 Å². The highest BCUT2D eigenvalue weighted by Crippen LogP contribution is 2.21. The summed E-state index contributed by atoms with van der Waals surface area (Å²) < 4.78 is 0. The van der Waals surface area contributed by atoms with Gasteiger partial charge >= 0.3 is 6.03 Å². The van der Waals surface area contributed by atoms with E-state index in [1.54, 1.807) is 24.7 Å². The van der Waals surface area contributed by atoms with Crippen LogP contribution in [0.5, 0.6) is 0 Å². The van der Waals surface area contributed by atoms with Crippen LogP contribution in [0.1, 0.15) is 27.2 Å². The zero-order valence-corrected chi connectivity index (χ0v) is 14.6. The Morgan fingerprint density at radius 3 is 2.72 bits per heavy atom. The number of carbonyl (C=O) groups excluding carboxylic acids is 1. The molecule has 0 fully saturated rings. The van der Waals surface area contributed by atoms with Crippen molar-refractivity contribution in [2.24, 2.45) is 5.92 Å². The quantitative estimate of drug-likeness (QED) is 0.662. The molecule has 0 saturated carbocycles. The molecule has 1 unspecified atom stereocenters. The van der Waals surface area contributed by atoms with Crippen molar-refractivity contribution in [1.29, 1.82) is 0 Å². The Balaban J connectivity index is 1.75. The number of nitrogens with zero attached hydrogens (tertiary/aromatic N) is 3. The third-order valence-corrected chi connectivity index (χ3v) is 3.81. The molecule has 25 heavy (non-hydrogen) atoms. The van der Waals surface area contributed by atoms with Gasteiger partial charge < -0.3 is 5.32 Å². The highest BCUT2D eigenvalue weighted by atomic mass is 16.2. The molecule has 7 nitrogen and oxygen atoms in total. The second-order valence-electron chi connectivity index (χ2n) is 6.57. The summed E-state index contributed by atoms with van der Waals surface area (Å²) in [5.41, 5.74) is 3.34. The minimum Gasteiger partial charge on any atom is -0.335 e. The van der Waals surface area contributed by atoms with Crippen LogP contribution in [0.4, 0.5) is 10.6 Å². The van der Waals surface area contributed by atoms with Crippen molar-refractivity contribution in [3.8, 4) is 11.1 Å². The van der Waals surface area contributed by atoms with Gasteiger partial charge in [-0.05, 0) is 37.5 Å². The monoisotopic (exact) mass is 338 g/mol. The van der Waals surface area contributed by atoms with Gasteiger partial charge in [0.15, 0.2) is 0 Å². The number of nitrogens with one attached hydrogen (secondary N) is 3.